The first kappa shape index (κ1) is 19.0. The lowest BCUT2D eigenvalue weighted by Crippen LogP contribution is -2.36. The van der Waals surface area contributed by atoms with Gasteiger partial charge in [-0.25, -0.2) is 14.6 Å². The van der Waals surface area contributed by atoms with Crippen molar-refractivity contribution in [2.45, 2.75) is 12.8 Å². The smallest absolute Gasteiger partial charge is 0.406 e. The number of piperidine rings is 1. The lowest BCUT2D eigenvalue weighted by Gasteiger charge is -2.31. The van der Waals surface area contributed by atoms with Gasteiger partial charge in [0.05, 0.1) is 7.11 Å². The van der Waals surface area contributed by atoms with Gasteiger partial charge in [0, 0.05) is 31.4 Å². The molecular formula is C22H23N3O4. The van der Waals surface area contributed by atoms with E-state index in [0.717, 1.165) is 42.3 Å². The number of hydrogen-bond donors (Lipinski definition) is 1. The Kier molecular flexibility index (Phi) is 5.46. The van der Waals surface area contributed by atoms with Crippen LogP contribution in [0.15, 0.2) is 59.4 Å². The molecule has 1 amide bonds. The van der Waals surface area contributed by atoms with Gasteiger partial charge in [0.25, 0.3) is 0 Å². The summed E-state index contributed by atoms with van der Waals surface area (Å²) in [6, 6.07) is 13.8. The number of nitrogens with zero attached hydrogens (tertiary/aromatic N) is 2. The van der Waals surface area contributed by atoms with Gasteiger partial charge in [-0.2, -0.15) is 0 Å². The number of likely N-dealkylation sites (tertiary alicyclic amines) is 1. The number of alkyl carbamates (subject to hydrolysis) is 1. The molecule has 2 heterocycles. The van der Waals surface area contributed by atoms with Crippen LogP contribution in [0, 0.1) is 5.92 Å². The molecule has 0 aliphatic carbocycles. The SMILES string of the molecule is COC(=O)NCC1CCN(/C=C2/N=C(c3cccc4ccccc34)OC2=O)CC1. The lowest BCUT2D eigenvalue weighted by molar-refractivity contribution is -0.130. The zero-order valence-electron chi connectivity index (χ0n) is 16.3. The Morgan fingerprint density at radius 1 is 1.24 bits per heavy atom. The van der Waals surface area contributed by atoms with Gasteiger partial charge in [0.15, 0.2) is 5.70 Å². The third-order valence-electron chi connectivity index (χ3n) is 5.32. The zero-order chi connectivity index (χ0) is 20.2. The number of carbonyl (C=O) groups is 2. The van der Waals surface area contributed by atoms with Gasteiger partial charge in [-0.05, 0) is 35.6 Å². The normalized spacial score (nSPS) is 18.7. The van der Waals surface area contributed by atoms with Crippen LogP contribution in [0.1, 0.15) is 18.4 Å². The summed E-state index contributed by atoms with van der Waals surface area (Å²) in [5.74, 6) is 0.312. The van der Waals surface area contributed by atoms with Crippen molar-refractivity contribution in [3.05, 3.63) is 59.9 Å². The number of aliphatic imine (C=N–C) groups is 1. The van der Waals surface area contributed by atoms with Crippen LogP contribution < -0.4 is 5.32 Å². The topological polar surface area (TPSA) is 80.2 Å². The van der Waals surface area contributed by atoms with Crippen molar-refractivity contribution < 1.29 is 19.1 Å². The molecule has 0 atom stereocenters. The van der Waals surface area contributed by atoms with E-state index in [2.05, 4.69) is 19.9 Å². The van der Waals surface area contributed by atoms with Crippen LogP contribution in [0.4, 0.5) is 4.79 Å². The first-order valence-electron chi connectivity index (χ1n) is 9.71. The molecule has 2 aromatic carbocycles. The lowest BCUT2D eigenvalue weighted by atomic mass is 9.97. The summed E-state index contributed by atoms with van der Waals surface area (Å²) in [5.41, 5.74) is 1.13. The average Bonchev–Trinajstić information content (AvgIpc) is 3.12. The number of methoxy groups -OCH3 is 1. The Morgan fingerprint density at radius 2 is 2.00 bits per heavy atom. The number of nitrogens with one attached hydrogen (secondary N) is 1. The quantitative estimate of drug-likeness (QED) is 0.638. The number of carbonyl (C=O) groups excluding carboxylic acids is 2. The molecule has 0 saturated carbocycles. The molecule has 4 rings (SSSR count). The predicted molar refractivity (Wildman–Crippen MR) is 109 cm³/mol. The maximum atomic E-state index is 12.3. The van der Waals surface area contributed by atoms with Crippen LogP contribution in [0.3, 0.4) is 0 Å². The van der Waals surface area contributed by atoms with Crippen LogP contribution in [-0.2, 0) is 14.3 Å². The van der Waals surface area contributed by atoms with Gasteiger partial charge in [-0.3, -0.25) is 0 Å². The summed E-state index contributed by atoms with van der Waals surface area (Å²) < 4.78 is 10.1. The molecular weight excluding hydrogens is 370 g/mol. The first-order valence-corrected chi connectivity index (χ1v) is 9.71. The second-order valence-corrected chi connectivity index (χ2v) is 7.20. The molecule has 29 heavy (non-hydrogen) atoms. The standard InChI is InChI=1S/C22H23N3O4/c1-28-22(27)23-13-15-9-11-25(12-10-15)14-19-21(26)29-20(24-19)18-8-4-6-16-5-2-3-7-17(16)18/h2-8,14-15H,9-13H2,1H3,(H,23,27)/b19-14+. The zero-order valence-corrected chi connectivity index (χ0v) is 16.3. The van der Waals surface area contributed by atoms with Gasteiger partial charge in [-0.1, -0.05) is 36.4 Å². The molecule has 0 bridgehead atoms. The third-order valence-corrected chi connectivity index (χ3v) is 5.32. The fraction of sp³-hybridized carbons (Fsp3) is 0.318. The summed E-state index contributed by atoms with van der Waals surface area (Å²) in [6.07, 6.45) is 3.22. The number of benzene rings is 2. The van der Waals surface area contributed by atoms with Crippen molar-refractivity contribution in [3.63, 3.8) is 0 Å². The largest absolute Gasteiger partial charge is 0.453 e. The van der Waals surface area contributed by atoms with Crippen LogP contribution in [-0.4, -0.2) is 49.6 Å². The van der Waals surface area contributed by atoms with Gasteiger partial charge < -0.3 is 19.7 Å². The Bertz CT molecular complexity index is 985. The van der Waals surface area contributed by atoms with Crippen LogP contribution in [0.5, 0.6) is 0 Å². The van der Waals surface area contributed by atoms with Crippen molar-refractivity contribution >= 4 is 28.7 Å². The summed E-state index contributed by atoms with van der Waals surface area (Å²) in [7, 11) is 1.36. The van der Waals surface area contributed by atoms with Gasteiger partial charge in [0.1, 0.15) is 0 Å². The highest BCUT2D eigenvalue weighted by Gasteiger charge is 2.27. The van der Waals surface area contributed by atoms with E-state index in [4.69, 9.17) is 4.74 Å². The van der Waals surface area contributed by atoms with E-state index in [0.29, 0.717) is 24.1 Å². The maximum Gasteiger partial charge on any atom is 0.406 e. The number of fused-ring (bicyclic) bond motifs is 1. The number of rotatable bonds is 4. The van der Waals surface area contributed by atoms with Crippen LogP contribution in [0.25, 0.3) is 10.8 Å². The van der Waals surface area contributed by atoms with E-state index < -0.39 is 12.1 Å². The number of cyclic esters (lactones) is 1. The molecule has 150 valence electrons. The Morgan fingerprint density at radius 3 is 2.79 bits per heavy atom. The molecule has 0 aromatic heterocycles. The van der Waals surface area contributed by atoms with Crippen LogP contribution in [0.2, 0.25) is 0 Å². The van der Waals surface area contributed by atoms with Crippen molar-refractivity contribution in [3.8, 4) is 0 Å². The second kappa shape index (κ2) is 8.34. The minimum Gasteiger partial charge on any atom is -0.453 e. The molecule has 1 saturated heterocycles. The highest BCUT2D eigenvalue weighted by atomic mass is 16.6. The average molecular weight is 393 g/mol. The Hall–Kier alpha value is -3.35. The molecule has 7 heteroatoms. The van der Waals surface area contributed by atoms with E-state index in [-0.39, 0.29) is 0 Å². The van der Waals surface area contributed by atoms with Gasteiger partial charge >= 0.3 is 12.1 Å². The fourth-order valence-electron chi connectivity index (χ4n) is 3.69. The second-order valence-electron chi connectivity index (χ2n) is 7.20. The molecule has 2 aliphatic rings. The van der Waals surface area contributed by atoms with Crippen molar-refractivity contribution in [1.29, 1.82) is 0 Å². The van der Waals surface area contributed by atoms with Crippen molar-refractivity contribution in [1.82, 2.24) is 10.2 Å². The summed E-state index contributed by atoms with van der Waals surface area (Å²) in [6.45, 7) is 2.19. The maximum absolute atomic E-state index is 12.3. The Labute approximate surface area is 169 Å². The van der Waals surface area contributed by atoms with Crippen LogP contribution >= 0.6 is 0 Å². The minimum atomic E-state index is -0.428. The van der Waals surface area contributed by atoms with Crippen molar-refractivity contribution in [2.24, 2.45) is 10.9 Å². The van der Waals surface area contributed by atoms with Crippen molar-refractivity contribution in [2.75, 3.05) is 26.7 Å². The molecule has 1 N–H and O–H groups in total. The molecule has 0 radical (unpaired) electrons. The molecule has 0 spiro atoms. The monoisotopic (exact) mass is 393 g/mol. The first-order chi connectivity index (χ1) is 14.1. The molecule has 2 aliphatic heterocycles. The van der Waals surface area contributed by atoms with E-state index in [1.807, 2.05) is 42.5 Å². The van der Waals surface area contributed by atoms with Gasteiger partial charge in [-0.15, -0.1) is 0 Å². The Balaban J connectivity index is 1.44. The molecule has 2 aromatic rings. The predicted octanol–water partition coefficient (Wildman–Crippen LogP) is 3.05. The van der Waals surface area contributed by atoms with E-state index in [9.17, 15) is 9.59 Å². The van der Waals surface area contributed by atoms with E-state index in [1.165, 1.54) is 7.11 Å². The third kappa shape index (κ3) is 4.23. The summed E-state index contributed by atoms with van der Waals surface area (Å²) >= 11 is 0. The number of ether oxygens (including phenoxy) is 2. The number of hydrogen-bond acceptors (Lipinski definition) is 6. The van der Waals surface area contributed by atoms with E-state index in [1.54, 1.807) is 6.20 Å². The van der Waals surface area contributed by atoms with E-state index >= 15 is 0 Å². The molecule has 1 fully saturated rings. The number of esters is 1. The summed E-state index contributed by atoms with van der Waals surface area (Å²) in [4.78, 5) is 30.1. The fourth-order valence-corrected chi connectivity index (χ4v) is 3.69. The molecule has 0 unspecified atom stereocenters. The minimum absolute atomic E-state index is 0.319. The summed E-state index contributed by atoms with van der Waals surface area (Å²) in [5, 5.41) is 4.82. The highest BCUT2D eigenvalue weighted by Crippen LogP contribution is 2.25. The van der Waals surface area contributed by atoms with Gasteiger partial charge in [0.2, 0.25) is 5.90 Å². The number of amides is 1. The highest BCUT2D eigenvalue weighted by molar-refractivity contribution is 6.16. The molecule has 7 nitrogen and oxygen atoms in total.